The van der Waals surface area contributed by atoms with E-state index in [0.717, 1.165) is 81.1 Å². The summed E-state index contributed by atoms with van der Waals surface area (Å²) in [5.74, 6) is 0.633. The standard InChI is InChI=1S/C45H81NO5.C33H57NO4/c1-4-7-10-13-16-19-22-25-28-40(47)36-46-37-43(30-27-24-21-18-15-12-9-6-3)51-45(49)44(46)35-39-31-33-42(34-32-39)50-38-41(48)29-26-23-20-17-14-11-8-5-2;1-3-5-7-9-11-13-15-17-19-30(36)26-34-27-31(20-18-16-14-12-10-8-6-4-2)38-33(37)32(34)25-28-21-23-29(35)24-22-28/h31-34,40-41,43-44,47-48H,4-30,35-38H2,1-3H3;21-24,30-32,35-36H,3-20,25-27H2,1-2H3. The number of unbranched alkanes of at least 4 members (excludes halogenated alkanes) is 35. The topological polar surface area (TPSA) is 149 Å². The molecule has 2 heterocycles. The summed E-state index contributed by atoms with van der Waals surface area (Å²) in [5.41, 5.74) is 2.04. The molecule has 4 rings (SSSR count). The minimum atomic E-state index is -0.453. The number of rotatable bonds is 56. The van der Waals surface area contributed by atoms with Crippen molar-refractivity contribution in [3.8, 4) is 11.5 Å². The number of carbonyl (C=O) groups excluding carboxylic acids is 2. The van der Waals surface area contributed by atoms with Crippen LogP contribution in [0.3, 0.4) is 0 Å². The highest BCUT2D eigenvalue weighted by Gasteiger charge is 2.38. The summed E-state index contributed by atoms with van der Waals surface area (Å²) in [7, 11) is 0. The van der Waals surface area contributed by atoms with Gasteiger partial charge < -0.3 is 34.6 Å². The van der Waals surface area contributed by atoms with E-state index in [1.165, 1.54) is 225 Å². The Morgan fingerprint density at radius 2 is 0.674 bits per heavy atom. The summed E-state index contributed by atoms with van der Waals surface area (Å²) in [6.07, 6.45) is 54.1. The molecule has 514 valence electrons. The third kappa shape index (κ3) is 40.5. The number of carbonyl (C=O) groups is 2. The molecule has 0 amide bonds. The maximum atomic E-state index is 13.5. The van der Waals surface area contributed by atoms with Crippen molar-refractivity contribution in [2.24, 2.45) is 0 Å². The second-order valence-electron chi connectivity index (χ2n) is 27.4. The van der Waals surface area contributed by atoms with Gasteiger partial charge in [0.15, 0.2) is 0 Å². The first-order valence-electron chi connectivity index (χ1n) is 37.9. The molecule has 0 aromatic heterocycles. The van der Waals surface area contributed by atoms with E-state index < -0.39 is 24.4 Å². The van der Waals surface area contributed by atoms with Crippen LogP contribution in [-0.2, 0) is 31.9 Å². The molecular weight excluding hydrogens is 1110 g/mol. The van der Waals surface area contributed by atoms with Crippen molar-refractivity contribution in [2.45, 2.75) is 379 Å². The van der Waals surface area contributed by atoms with Crippen LogP contribution in [0.4, 0.5) is 0 Å². The Labute approximate surface area is 546 Å². The quantitative estimate of drug-likeness (QED) is 0.0370. The van der Waals surface area contributed by atoms with Gasteiger partial charge in [-0.05, 0) is 93.2 Å². The normalized spacial score (nSPS) is 18.3. The molecule has 0 aliphatic carbocycles. The lowest BCUT2D eigenvalue weighted by Gasteiger charge is -2.39. The smallest absolute Gasteiger partial charge is 0.324 e. The number of phenols is 1. The van der Waals surface area contributed by atoms with Gasteiger partial charge in [0.25, 0.3) is 0 Å². The predicted molar refractivity (Wildman–Crippen MR) is 372 cm³/mol. The average molecular weight is 1250 g/mol. The number of esters is 2. The summed E-state index contributed by atoms with van der Waals surface area (Å²) in [6, 6.07) is 14.2. The molecule has 7 atom stereocenters. The van der Waals surface area contributed by atoms with Crippen LogP contribution in [0.15, 0.2) is 48.5 Å². The first-order chi connectivity index (χ1) is 43.5. The second-order valence-corrected chi connectivity index (χ2v) is 27.4. The Balaban J connectivity index is 0.000000485. The maximum Gasteiger partial charge on any atom is 0.324 e. The van der Waals surface area contributed by atoms with Crippen LogP contribution in [0.25, 0.3) is 0 Å². The number of morpholine rings is 2. The van der Waals surface area contributed by atoms with E-state index in [1.807, 2.05) is 36.4 Å². The number of benzene rings is 2. The molecule has 0 radical (unpaired) electrons. The Hall–Kier alpha value is -3.22. The molecule has 0 spiro atoms. The largest absolute Gasteiger partial charge is 0.508 e. The van der Waals surface area contributed by atoms with Crippen LogP contribution in [0.5, 0.6) is 11.5 Å². The summed E-state index contributed by atoms with van der Waals surface area (Å²) in [6.45, 7) is 14.0. The van der Waals surface area contributed by atoms with Gasteiger partial charge in [-0.25, -0.2) is 0 Å². The van der Waals surface area contributed by atoms with Crippen molar-refractivity contribution in [1.82, 2.24) is 9.80 Å². The van der Waals surface area contributed by atoms with Gasteiger partial charge in [-0.2, -0.15) is 0 Å². The van der Waals surface area contributed by atoms with Gasteiger partial charge in [0, 0.05) is 26.2 Å². The minimum absolute atomic E-state index is 0.0889. The predicted octanol–water partition coefficient (Wildman–Crippen LogP) is 19.5. The minimum Gasteiger partial charge on any atom is -0.508 e. The molecule has 2 fully saturated rings. The lowest BCUT2D eigenvalue weighted by atomic mass is 9.99. The van der Waals surface area contributed by atoms with Crippen LogP contribution in [0.1, 0.15) is 335 Å². The Bertz CT molecular complexity index is 1930. The fraction of sp³-hybridized carbons (Fsp3) is 0.821. The van der Waals surface area contributed by atoms with E-state index in [-0.39, 0.29) is 35.9 Å². The highest BCUT2D eigenvalue weighted by Crippen LogP contribution is 2.27. The zero-order valence-corrected chi connectivity index (χ0v) is 58.2. The molecule has 2 aliphatic rings. The fourth-order valence-corrected chi connectivity index (χ4v) is 13.1. The van der Waals surface area contributed by atoms with Crippen molar-refractivity contribution in [3.05, 3.63) is 59.7 Å². The van der Waals surface area contributed by atoms with E-state index >= 15 is 0 Å². The molecule has 7 unspecified atom stereocenters. The van der Waals surface area contributed by atoms with Crippen LogP contribution in [-0.4, -0.2) is 118 Å². The van der Waals surface area contributed by atoms with Gasteiger partial charge in [0.05, 0.1) is 18.3 Å². The zero-order chi connectivity index (χ0) is 64.2. The van der Waals surface area contributed by atoms with Crippen LogP contribution in [0.2, 0.25) is 0 Å². The van der Waals surface area contributed by atoms with Crippen LogP contribution in [0, 0.1) is 0 Å². The Kier molecular flexibility index (Phi) is 48.7. The molecule has 89 heavy (non-hydrogen) atoms. The van der Waals surface area contributed by atoms with E-state index in [1.54, 1.807) is 12.1 Å². The van der Waals surface area contributed by atoms with Crippen molar-refractivity contribution in [3.63, 3.8) is 0 Å². The lowest BCUT2D eigenvalue weighted by Crippen LogP contribution is -2.55. The highest BCUT2D eigenvalue weighted by atomic mass is 16.6. The first-order valence-corrected chi connectivity index (χ1v) is 37.9. The van der Waals surface area contributed by atoms with Crippen LogP contribution < -0.4 is 4.74 Å². The number of hydrogen-bond acceptors (Lipinski definition) is 11. The molecule has 11 nitrogen and oxygen atoms in total. The number of aliphatic hydroxyl groups excluding tert-OH is 3. The summed E-state index contributed by atoms with van der Waals surface area (Å²) in [5, 5.41) is 42.0. The van der Waals surface area contributed by atoms with Gasteiger partial charge in [-0.3, -0.25) is 19.4 Å². The fourth-order valence-electron chi connectivity index (χ4n) is 13.1. The molecule has 11 heteroatoms. The monoisotopic (exact) mass is 1250 g/mol. The van der Waals surface area contributed by atoms with Crippen molar-refractivity contribution in [1.29, 1.82) is 0 Å². The molecule has 2 saturated heterocycles. The molecule has 4 N–H and O–H groups in total. The molecule has 0 bridgehead atoms. The second kappa shape index (κ2) is 54.2. The number of aliphatic hydroxyl groups is 3. The third-order valence-corrected chi connectivity index (χ3v) is 18.9. The molecule has 0 saturated carbocycles. The van der Waals surface area contributed by atoms with E-state index in [4.69, 9.17) is 14.2 Å². The summed E-state index contributed by atoms with van der Waals surface area (Å²) >= 11 is 0. The summed E-state index contributed by atoms with van der Waals surface area (Å²) in [4.78, 5) is 31.0. The van der Waals surface area contributed by atoms with Crippen molar-refractivity contribution >= 4 is 11.9 Å². The first kappa shape index (κ1) is 80.0. The molecular formula is C78H138N2O9. The van der Waals surface area contributed by atoms with E-state index in [0.29, 0.717) is 45.6 Å². The molecule has 2 aromatic rings. The number of aromatic hydroxyl groups is 1. The molecule has 2 aromatic carbocycles. The number of hydrogen-bond donors (Lipinski definition) is 4. The van der Waals surface area contributed by atoms with Gasteiger partial charge >= 0.3 is 11.9 Å². The maximum absolute atomic E-state index is 13.5. The summed E-state index contributed by atoms with van der Waals surface area (Å²) < 4.78 is 17.9. The SMILES string of the molecule is CCCCCCCCCCC(O)CN1CC(CCCCCCCCCC)OC(=O)C1Cc1ccc(O)cc1.CCCCCCCCCCC(O)COc1ccc(CC2C(=O)OC(CCCCCCCCCC)CN2CC(O)CCCCCCCCCC)cc1. The van der Waals surface area contributed by atoms with E-state index in [2.05, 4.69) is 44.4 Å². The van der Waals surface area contributed by atoms with Crippen molar-refractivity contribution in [2.75, 3.05) is 32.8 Å². The van der Waals surface area contributed by atoms with Gasteiger partial charge in [0.1, 0.15) is 42.4 Å². The van der Waals surface area contributed by atoms with Crippen molar-refractivity contribution < 1.29 is 44.2 Å². The van der Waals surface area contributed by atoms with Gasteiger partial charge in [-0.15, -0.1) is 0 Å². The molecule has 2 aliphatic heterocycles. The zero-order valence-electron chi connectivity index (χ0n) is 58.2. The number of ether oxygens (including phenoxy) is 3. The third-order valence-electron chi connectivity index (χ3n) is 18.9. The Morgan fingerprint density at radius 1 is 0.393 bits per heavy atom. The highest BCUT2D eigenvalue weighted by molar-refractivity contribution is 5.77. The average Bonchev–Trinajstić information content (AvgIpc) is 3.56. The van der Waals surface area contributed by atoms with Crippen LogP contribution >= 0.6 is 0 Å². The number of cyclic esters (lactones) is 2. The number of phenolic OH excluding ortho intramolecular Hbond substituents is 1. The Morgan fingerprint density at radius 3 is 1.00 bits per heavy atom. The number of β-amino-alcohol motifs (C(OH)–C–C–N with tert-alkyl or cyclic N) is 2. The van der Waals surface area contributed by atoms with Gasteiger partial charge in [0.2, 0.25) is 0 Å². The van der Waals surface area contributed by atoms with Gasteiger partial charge in [-0.1, -0.05) is 303 Å². The number of nitrogens with zero attached hydrogens (tertiary/aromatic N) is 2. The lowest BCUT2D eigenvalue weighted by molar-refractivity contribution is -0.169. The van der Waals surface area contributed by atoms with E-state index in [9.17, 15) is 30.0 Å².